The molecule has 0 atom stereocenters. The van der Waals surface area contributed by atoms with E-state index >= 15 is 0 Å². The Bertz CT molecular complexity index is 780. The normalized spacial score (nSPS) is 12.8. The number of allylic oxidation sites excluding steroid dienone is 1. The lowest BCUT2D eigenvalue weighted by Crippen LogP contribution is -1.97. The summed E-state index contributed by atoms with van der Waals surface area (Å²) >= 11 is 2.01. The fourth-order valence-corrected chi connectivity index (χ4v) is 2.98. The highest BCUT2D eigenvalue weighted by Crippen LogP contribution is 2.33. The van der Waals surface area contributed by atoms with E-state index in [-0.39, 0.29) is 18.3 Å². The first-order chi connectivity index (χ1) is 10.5. The zero-order valence-corrected chi connectivity index (χ0v) is 14.0. The summed E-state index contributed by atoms with van der Waals surface area (Å²) < 4.78 is 11.2. The standard InChI is InChI=1S/C17H13IO4/c1-10-6-12(17(20)13(18)7-10)14(19)4-2-11-3-5-15-16(8-11)22-9-21-15/h2-8,20H,9H2,1H3/b4-2+. The Morgan fingerprint density at radius 2 is 2.00 bits per heavy atom. The van der Waals surface area contributed by atoms with Gasteiger partial charge in [0.2, 0.25) is 6.79 Å². The Morgan fingerprint density at radius 1 is 1.23 bits per heavy atom. The smallest absolute Gasteiger partial charge is 0.231 e. The summed E-state index contributed by atoms with van der Waals surface area (Å²) in [6.45, 7) is 2.11. The zero-order valence-electron chi connectivity index (χ0n) is 11.8. The Kier molecular flexibility index (Phi) is 4.06. The van der Waals surface area contributed by atoms with Crippen LogP contribution in [0.3, 0.4) is 0 Å². The Hall–Kier alpha value is -2.02. The summed E-state index contributed by atoms with van der Waals surface area (Å²) in [5.41, 5.74) is 2.07. The lowest BCUT2D eigenvalue weighted by molar-refractivity contribution is 0.104. The average Bonchev–Trinajstić information content (AvgIpc) is 2.96. The summed E-state index contributed by atoms with van der Waals surface area (Å²) in [4.78, 5) is 12.3. The van der Waals surface area contributed by atoms with Crippen LogP contribution in [-0.2, 0) is 0 Å². The predicted molar refractivity (Wildman–Crippen MR) is 91.5 cm³/mol. The molecule has 1 aliphatic heterocycles. The molecule has 2 aromatic carbocycles. The third kappa shape index (κ3) is 2.94. The number of ether oxygens (including phenoxy) is 2. The quantitative estimate of drug-likeness (QED) is 0.475. The molecule has 0 aromatic heterocycles. The Labute approximate surface area is 141 Å². The van der Waals surface area contributed by atoms with E-state index in [4.69, 9.17) is 9.47 Å². The van der Waals surface area contributed by atoms with Gasteiger partial charge in [0, 0.05) is 0 Å². The van der Waals surface area contributed by atoms with E-state index in [1.54, 1.807) is 18.2 Å². The second-order valence-electron chi connectivity index (χ2n) is 4.95. The van der Waals surface area contributed by atoms with Crippen LogP contribution in [0.25, 0.3) is 6.08 Å². The molecule has 3 rings (SSSR count). The van der Waals surface area contributed by atoms with Crippen LogP contribution >= 0.6 is 22.6 Å². The summed E-state index contributed by atoms with van der Waals surface area (Å²) in [5, 5.41) is 10.0. The van der Waals surface area contributed by atoms with Crippen molar-refractivity contribution in [3.05, 3.63) is 56.7 Å². The average molecular weight is 408 g/mol. The van der Waals surface area contributed by atoms with Gasteiger partial charge in [0.05, 0.1) is 9.13 Å². The van der Waals surface area contributed by atoms with Gasteiger partial charge in [-0.2, -0.15) is 0 Å². The van der Waals surface area contributed by atoms with Crippen LogP contribution in [0.1, 0.15) is 21.5 Å². The summed E-state index contributed by atoms with van der Waals surface area (Å²) in [6.07, 6.45) is 3.14. The van der Waals surface area contributed by atoms with Gasteiger partial charge in [0.25, 0.3) is 0 Å². The predicted octanol–water partition coefficient (Wildman–Crippen LogP) is 3.93. The van der Waals surface area contributed by atoms with Crippen LogP contribution in [0.4, 0.5) is 0 Å². The molecule has 1 aliphatic rings. The fraction of sp³-hybridized carbons (Fsp3) is 0.118. The molecule has 1 N–H and O–H groups in total. The van der Waals surface area contributed by atoms with Crippen molar-refractivity contribution in [1.29, 1.82) is 0 Å². The first kappa shape index (κ1) is 14.9. The number of fused-ring (bicyclic) bond motifs is 1. The largest absolute Gasteiger partial charge is 0.506 e. The number of carbonyl (C=O) groups is 1. The molecule has 0 bridgehead atoms. The van der Waals surface area contributed by atoms with Crippen molar-refractivity contribution in [2.45, 2.75) is 6.92 Å². The summed E-state index contributed by atoms with van der Waals surface area (Å²) in [7, 11) is 0. The van der Waals surface area contributed by atoms with Crippen molar-refractivity contribution >= 4 is 34.5 Å². The first-order valence-electron chi connectivity index (χ1n) is 6.66. The number of phenols is 1. The molecule has 0 unspecified atom stereocenters. The molecule has 2 aromatic rings. The maximum Gasteiger partial charge on any atom is 0.231 e. The van der Waals surface area contributed by atoms with E-state index in [0.717, 1.165) is 11.1 Å². The van der Waals surface area contributed by atoms with Crippen LogP contribution in [0.5, 0.6) is 17.2 Å². The topological polar surface area (TPSA) is 55.8 Å². The molecule has 0 amide bonds. The number of benzene rings is 2. The zero-order chi connectivity index (χ0) is 15.7. The van der Waals surface area contributed by atoms with Crippen molar-refractivity contribution in [2.24, 2.45) is 0 Å². The van der Waals surface area contributed by atoms with Gasteiger partial charge in [-0.1, -0.05) is 12.1 Å². The minimum absolute atomic E-state index is 0.0199. The van der Waals surface area contributed by atoms with Gasteiger partial charge >= 0.3 is 0 Å². The van der Waals surface area contributed by atoms with Crippen LogP contribution < -0.4 is 9.47 Å². The number of carbonyl (C=O) groups excluding carboxylic acids is 1. The molecule has 112 valence electrons. The lowest BCUT2D eigenvalue weighted by Gasteiger charge is -2.05. The molecule has 5 heteroatoms. The summed E-state index contributed by atoms with van der Waals surface area (Å²) in [6, 6.07) is 8.97. The van der Waals surface area contributed by atoms with Crippen molar-refractivity contribution in [1.82, 2.24) is 0 Å². The molecule has 4 nitrogen and oxygen atoms in total. The van der Waals surface area contributed by atoms with Gasteiger partial charge in [-0.05, 0) is 71.0 Å². The van der Waals surface area contributed by atoms with Crippen molar-refractivity contribution in [3.63, 3.8) is 0 Å². The number of hydrogen-bond acceptors (Lipinski definition) is 4. The Balaban J connectivity index is 1.85. The van der Waals surface area contributed by atoms with Gasteiger partial charge in [0.15, 0.2) is 17.3 Å². The molecular formula is C17H13IO4. The van der Waals surface area contributed by atoms with E-state index in [9.17, 15) is 9.90 Å². The third-order valence-electron chi connectivity index (χ3n) is 3.30. The molecule has 1 heterocycles. The first-order valence-corrected chi connectivity index (χ1v) is 7.73. The van der Waals surface area contributed by atoms with Crippen molar-refractivity contribution < 1.29 is 19.4 Å². The molecule has 0 radical (unpaired) electrons. The number of phenolic OH excluding ortho intramolecular Hbond substituents is 1. The van der Waals surface area contributed by atoms with Crippen LogP contribution in [0.2, 0.25) is 0 Å². The van der Waals surface area contributed by atoms with Crippen LogP contribution in [0, 0.1) is 10.5 Å². The highest BCUT2D eigenvalue weighted by molar-refractivity contribution is 14.1. The summed E-state index contributed by atoms with van der Waals surface area (Å²) in [5.74, 6) is 1.15. The molecule has 22 heavy (non-hydrogen) atoms. The maximum absolute atomic E-state index is 12.3. The fourth-order valence-electron chi connectivity index (χ4n) is 2.20. The number of hydrogen-bond donors (Lipinski definition) is 1. The van der Waals surface area contributed by atoms with E-state index in [1.165, 1.54) is 6.08 Å². The van der Waals surface area contributed by atoms with Gasteiger partial charge in [-0.3, -0.25) is 4.79 Å². The van der Waals surface area contributed by atoms with Gasteiger partial charge in [0.1, 0.15) is 5.75 Å². The maximum atomic E-state index is 12.3. The SMILES string of the molecule is Cc1cc(I)c(O)c(C(=O)/C=C/c2ccc3c(c2)OCO3)c1. The highest BCUT2D eigenvalue weighted by atomic mass is 127. The van der Waals surface area contributed by atoms with Gasteiger partial charge < -0.3 is 14.6 Å². The van der Waals surface area contributed by atoms with Crippen LogP contribution in [0.15, 0.2) is 36.4 Å². The number of rotatable bonds is 3. The number of aryl methyl sites for hydroxylation is 1. The van der Waals surface area contributed by atoms with Crippen LogP contribution in [-0.4, -0.2) is 17.7 Å². The molecular weight excluding hydrogens is 395 g/mol. The van der Waals surface area contributed by atoms with E-state index < -0.39 is 0 Å². The number of halogens is 1. The minimum Gasteiger partial charge on any atom is -0.506 e. The molecule has 0 spiro atoms. The van der Waals surface area contributed by atoms with E-state index in [2.05, 4.69) is 0 Å². The highest BCUT2D eigenvalue weighted by Gasteiger charge is 2.14. The molecule has 0 saturated carbocycles. The van der Waals surface area contributed by atoms with Gasteiger partial charge in [-0.15, -0.1) is 0 Å². The molecule has 0 saturated heterocycles. The second-order valence-corrected chi connectivity index (χ2v) is 6.12. The van der Waals surface area contributed by atoms with E-state index in [0.29, 0.717) is 20.6 Å². The lowest BCUT2D eigenvalue weighted by atomic mass is 10.1. The monoisotopic (exact) mass is 408 g/mol. The molecule has 0 fully saturated rings. The van der Waals surface area contributed by atoms with Crippen molar-refractivity contribution in [3.8, 4) is 17.2 Å². The van der Waals surface area contributed by atoms with E-state index in [1.807, 2.05) is 47.7 Å². The minimum atomic E-state index is -0.239. The van der Waals surface area contributed by atoms with Gasteiger partial charge in [-0.25, -0.2) is 0 Å². The Morgan fingerprint density at radius 3 is 2.82 bits per heavy atom. The third-order valence-corrected chi connectivity index (χ3v) is 4.12. The molecule has 0 aliphatic carbocycles. The number of aromatic hydroxyl groups is 1. The number of ketones is 1. The van der Waals surface area contributed by atoms with Crippen molar-refractivity contribution in [2.75, 3.05) is 6.79 Å². The second kappa shape index (κ2) is 6.00.